The van der Waals surface area contributed by atoms with E-state index < -0.39 is 0 Å². The summed E-state index contributed by atoms with van der Waals surface area (Å²) in [5, 5.41) is 3.78. The van der Waals surface area contributed by atoms with Crippen molar-refractivity contribution in [3.63, 3.8) is 0 Å². The molecule has 0 aromatic carbocycles. The Morgan fingerprint density at radius 3 is 3.06 bits per heavy atom. The van der Waals surface area contributed by atoms with Gasteiger partial charge in [-0.05, 0) is 49.8 Å². The molecule has 1 aliphatic carbocycles. The van der Waals surface area contributed by atoms with Gasteiger partial charge in [0.25, 0.3) is 0 Å². The van der Waals surface area contributed by atoms with Crippen LogP contribution in [0.3, 0.4) is 0 Å². The average Bonchev–Trinajstić information content (AvgIpc) is 2.73. The molecule has 1 N–H and O–H groups in total. The minimum atomic E-state index is 0.495. The number of thioether (sulfide) groups is 1. The molecule has 1 nitrogen and oxygen atoms in total. The largest absolute Gasteiger partial charge is 0.312 e. The van der Waals surface area contributed by atoms with E-state index in [0.29, 0.717) is 11.5 Å². The van der Waals surface area contributed by atoms with Crippen LogP contribution in [0.1, 0.15) is 46.0 Å². The van der Waals surface area contributed by atoms with Crippen LogP contribution < -0.4 is 5.32 Å². The van der Waals surface area contributed by atoms with E-state index in [9.17, 15) is 0 Å². The van der Waals surface area contributed by atoms with Crippen LogP contribution in [-0.4, -0.2) is 24.1 Å². The number of allylic oxidation sites excluding steroid dienone is 1. The van der Waals surface area contributed by atoms with Crippen LogP contribution in [-0.2, 0) is 0 Å². The van der Waals surface area contributed by atoms with E-state index in [4.69, 9.17) is 0 Å². The summed E-state index contributed by atoms with van der Waals surface area (Å²) in [6.45, 7) is 6.01. The molecule has 1 heterocycles. The van der Waals surface area contributed by atoms with Gasteiger partial charge in [0.2, 0.25) is 0 Å². The summed E-state index contributed by atoms with van der Waals surface area (Å²) in [6.07, 6.45) is 9.14. The zero-order valence-electron chi connectivity index (χ0n) is 10.7. The molecule has 1 fully saturated rings. The SMILES string of the molecule is CC1(C)CCSCC1NCCC1=CCCC1. The first-order valence-corrected chi connectivity index (χ1v) is 7.83. The molecule has 0 saturated carbocycles. The molecular weight excluding hydrogens is 214 g/mol. The standard InChI is InChI=1S/C14H25NS/c1-14(2)8-10-16-11-13(14)15-9-7-12-5-3-4-6-12/h5,13,15H,3-4,6-11H2,1-2H3. The molecule has 0 spiro atoms. The third kappa shape index (κ3) is 3.27. The van der Waals surface area contributed by atoms with E-state index >= 15 is 0 Å². The number of hydrogen-bond donors (Lipinski definition) is 1. The Bertz CT molecular complexity index is 257. The zero-order chi connectivity index (χ0) is 11.4. The highest BCUT2D eigenvalue weighted by Gasteiger charge is 2.31. The predicted molar refractivity (Wildman–Crippen MR) is 74.1 cm³/mol. The van der Waals surface area contributed by atoms with Crippen molar-refractivity contribution in [1.29, 1.82) is 0 Å². The van der Waals surface area contributed by atoms with Crippen LogP contribution in [0.5, 0.6) is 0 Å². The molecule has 0 radical (unpaired) electrons. The molecule has 0 aromatic heterocycles. The molecule has 1 saturated heterocycles. The Morgan fingerprint density at radius 1 is 1.50 bits per heavy atom. The summed E-state index contributed by atoms with van der Waals surface area (Å²) in [5.74, 6) is 2.64. The molecule has 0 bridgehead atoms. The van der Waals surface area contributed by atoms with E-state index in [0.717, 1.165) is 0 Å². The first-order chi connectivity index (χ1) is 7.68. The van der Waals surface area contributed by atoms with Gasteiger partial charge in [-0.25, -0.2) is 0 Å². The highest BCUT2D eigenvalue weighted by Crippen LogP contribution is 2.34. The van der Waals surface area contributed by atoms with E-state index in [1.807, 2.05) is 0 Å². The van der Waals surface area contributed by atoms with Crippen LogP contribution in [0.2, 0.25) is 0 Å². The van der Waals surface area contributed by atoms with Crippen molar-refractivity contribution < 1.29 is 0 Å². The normalized spacial score (nSPS) is 29.1. The minimum Gasteiger partial charge on any atom is -0.312 e. The molecular formula is C14H25NS. The van der Waals surface area contributed by atoms with Crippen LogP contribution in [0, 0.1) is 5.41 Å². The van der Waals surface area contributed by atoms with Crippen molar-refractivity contribution >= 4 is 11.8 Å². The van der Waals surface area contributed by atoms with Crippen LogP contribution in [0.15, 0.2) is 11.6 Å². The highest BCUT2D eigenvalue weighted by atomic mass is 32.2. The van der Waals surface area contributed by atoms with Gasteiger partial charge in [-0.15, -0.1) is 0 Å². The molecule has 2 heteroatoms. The fourth-order valence-corrected chi connectivity index (χ4v) is 4.28. The van der Waals surface area contributed by atoms with Gasteiger partial charge in [0.05, 0.1) is 0 Å². The second-order valence-electron chi connectivity index (χ2n) is 5.82. The Morgan fingerprint density at radius 2 is 2.38 bits per heavy atom. The van der Waals surface area contributed by atoms with Gasteiger partial charge in [-0.3, -0.25) is 0 Å². The lowest BCUT2D eigenvalue weighted by Gasteiger charge is -2.39. The average molecular weight is 239 g/mol. The van der Waals surface area contributed by atoms with Gasteiger partial charge >= 0.3 is 0 Å². The summed E-state index contributed by atoms with van der Waals surface area (Å²) in [6, 6.07) is 0.716. The third-order valence-electron chi connectivity index (χ3n) is 4.09. The molecule has 92 valence electrons. The van der Waals surface area contributed by atoms with Gasteiger partial charge in [-0.1, -0.05) is 25.5 Å². The summed E-state index contributed by atoms with van der Waals surface area (Å²) in [5.41, 5.74) is 2.18. The maximum absolute atomic E-state index is 3.78. The number of hydrogen-bond acceptors (Lipinski definition) is 2. The molecule has 1 unspecified atom stereocenters. The fraction of sp³-hybridized carbons (Fsp3) is 0.857. The Balaban J connectivity index is 1.71. The smallest absolute Gasteiger partial charge is 0.0209 e. The van der Waals surface area contributed by atoms with Crippen molar-refractivity contribution in [3.05, 3.63) is 11.6 Å². The zero-order valence-corrected chi connectivity index (χ0v) is 11.5. The second-order valence-corrected chi connectivity index (χ2v) is 6.97. The second kappa shape index (κ2) is 5.59. The van der Waals surface area contributed by atoms with Gasteiger partial charge in [0.1, 0.15) is 0 Å². The van der Waals surface area contributed by atoms with Crippen LogP contribution in [0.4, 0.5) is 0 Å². The molecule has 2 rings (SSSR count). The Labute approximate surface area is 104 Å². The van der Waals surface area contributed by atoms with E-state index in [2.05, 4.69) is 37.0 Å². The Kier molecular flexibility index (Phi) is 4.37. The summed E-state index contributed by atoms with van der Waals surface area (Å²) in [7, 11) is 0. The van der Waals surface area contributed by atoms with Crippen molar-refractivity contribution in [1.82, 2.24) is 5.32 Å². The maximum Gasteiger partial charge on any atom is 0.0209 e. The van der Waals surface area contributed by atoms with Gasteiger partial charge in [-0.2, -0.15) is 11.8 Å². The van der Waals surface area contributed by atoms with E-state index in [1.165, 1.54) is 50.2 Å². The molecule has 1 aliphatic heterocycles. The topological polar surface area (TPSA) is 12.0 Å². The fourth-order valence-electron chi connectivity index (χ4n) is 2.64. The summed E-state index contributed by atoms with van der Waals surface area (Å²) < 4.78 is 0. The molecule has 0 aromatic rings. The van der Waals surface area contributed by atoms with Crippen LogP contribution in [0.25, 0.3) is 0 Å². The number of nitrogens with one attached hydrogen (secondary N) is 1. The number of rotatable bonds is 4. The van der Waals surface area contributed by atoms with E-state index in [-0.39, 0.29) is 0 Å². The first kappa shape index (κ1) is 12.5. The highest BCUT2D eigenvalue weighted by molar-refractivity contribution is 7.99. The quantitative estimate of drug-likeness (QED) is 0.752. The first-order valence-electron chi connectivity index (χ1n) is 6.67. The summed E-state index contributed by atoms with van der Waals surface area (Å²) in [4.78, 5) is 0. The van der Waals surface area contributed by atoms with Crippen molar-refractivity contribution in [2.45, 2.75) is 52.0 Å². The van der Waals surface area contributed by atoms with Crippen molar-refractivity contribution in [2.24, 2.45) is 5.41 Å². The van der Waals surface area contributed by atoms with Crippen molar-refractivity contribution in [3.8, 4) is 0 Å². The lowest BCUT2D eigenvalue weighted by Crippen LogP contribution is -2.46. The molecule has 0 amide bonds. The summed E-state index contributed by atoms with van der Waals surface area (Å²) >= 11 is 2.11. The predicted octanol–water partition coefficient (Wildman–Crippen LogP) is 3.61. The Hall–Kier alpha value is 0.0500. The van der Waals surface area contributed by atoms with Gasteiger partial charge < -0.3 is 5.32 Å². The lowest BCUT2D eigenvalue weighted by molar-refractivity contribution is 0.247. The third-order valence-corrected chi connectivity index (χ3v) is 5.15. The van der Waals surface area contributed by atoms with Gasteiger partial charge in [0.15, 0.2) is 0 Å². The molecule has 16 heavy (non-hydrogen) atoms. The van der Waals surface area contributed by atoms with Crippen molar-refractivity contribution in [2.75, 3.05) is 18.1 Å². The molecule has 1 atom stereocenters. The van der Waals surface area contributed by atoms with Crippen LogP contribution >= 0.6 is 11.8 Å². The monoisotopic (exact) mass is 239 g/mol. The molecule has 2 aliphatic rings. The van der Waals surface area contributed by atoms with Gasteiger partial charge in [0, 0.05) is 11.8 Å². The van der Waals surface area contributed by atoms with E-state index in [1.54, 1.807) is 5.57 Å². The minimum absolute atomic E-state index is 0.495. The maximum atomic E-state index is 3.78. The lowest BCUT2D eigenvalue weighted by atomic mass is 9.82.